The van der Waals surface area contributed by atoms with Crippen LogP contribution < -0.4 is 10.6 Å². The van der Waals surface area contributed by atoms with Crippen molar-refractivity contribution < 1.29 is 13.2 Å². The zero-order valence-corrected chi connectivity index (χ0v) is 17.5. The summed E-state index contributed by atoms with van der Waals surface area (Å²) in [4.78, 5) is 4.66. The molecule has 0 bridgehead atoms. The maximum atomic E-state index is 13.0. The highest BCUT2D eigenvalue weighted by Crippen LogP contribution is 2.36. The van der Waals surface area contributed by atoms with E-state index in [9.17, 15) is 13.2 Å². The van der Waals surface area contributed by atoms with Gasteiger partial charge in [-0.1, -0.05) is 35.9 Å². The normalized spacial score (nSPS) is 11.5. The third kappa shape index (κ3) is 4.56. The Morgan fingerprint density at radius 1 is 1.00 bits per heavy atom. The summed E-state index contributed by atoms with van der Waals surface area (Å²) in [6, 6.07) is 17.2. The van der Waals surface area contributed by atoms with E-state index < -0.39 is 11.7 Å². The Balaban J connectivity index is 1.48. The molecule has 3 nitrogen and oxygen atoms in total. The molecular weight excluding hydrogens is 451 g/mol. The largest absolute Gasteiger partial charge is 0.417 e. The molecule has 30 heavy (non-hydrogen) atoms. The van der Waals surface area contributed by atoms with Crippen LogP contribution in [0.3, 0.4) is 0 Å². The standard InChI is InChI=1S/C21H13ClF3N3S2/c22-16-7-6-14(10-15(16)21(23,24)25)26-20(29)28-19-9-13(11-30-19)18-8-5-12-3-1-2-4-17(12)27-18/h1-11H,(H2,26,28,29). The molecule has 9 heteroatoms. The number of fused-ring (bicyclic) bond motifs is 1. The lowest BCUT2D eigenvalue weighted by molar-refractivity contribution is -0.137. The second-order valence-corrected chi connectivity index (χ2v) is 8.09. The van der Waals surface area contributed by atoms with Crippen molar-refractivity contribution in [3.05, 3.63) is 76.6 Å². The first-order valence-electron chi connectivity index (χ1n) is 8.69. The van der Waals surface area contributed by atoms with Gasteiger partial charge in [-0.15, -0.1) is 11.3 Å². The Morgan fingerprint density at radius 2 is 1.80 bits per heavy atom. The number of nitrogens with one attached hydrogen (secondary N) is 2. The van der Waals surface area contributed by atoms with E-state index >= 15 is 0 Å². The lowest BCUT2D eigenvalue weighted by Gasteiger charge is -2.13. The SMILES string of the molecule is FC(F)(F)c1cc(NC(=S)Nc2cc(-c3ccc4ccccc4n3)cs2)ccc1Cl. The molecule has 0 amide bonds. The maximum Gasteiger partial charge on any atom is 0.417 e. The lowest BCUT2D eigenvalue weighted by Crippen LogP contribution is -2.19. The number of para-hydroxylation sites is 1. The van der Waals surface area contributed by atoms with Crippen LogP contribution in [0, 0.1) is 0 Å². The quantitative estimate of drug-likeness (QED) is 0.309. The Hall–Kier alpha value is -2.68. The highest BCUT2D eigenvalue weighted by Gasteiger charge is 2.33. The topological polar surface area (TPSA) is 37.0 Å². The average Bonchev–Trinajstić information content (AvgIpc) is 3.16. The number of thiophene rings is 1. The van der Waals surface area contributed by atoms with E-state index in [1.54, 1.807) is 0 Å². The fourth-order valence-corrected chi connectivity index (χ4v) is 4.17. The molecule has 4 aromatic rings. The van der Waals surface area contributed by atoms with E-state index in [-0.39, 0.29) is 15.8 Å². The highest BCUT2D eigenvalue weighted by molar-refractivity contribution is 7.80. The monoisotopic (exact) mass is 463 g/mol. The van der Waals surface area contributed by atoms with Crippen LogP contribution in [0.2, 0.25) is 5.02 Å². The first-order chi connectivity index (χ1) is 14.3. The highest BCUT2D eigenvalue weighted by atomic mass is 35.5. The Bertz CT molecular complexity index is 1240. The number of anilines is 2. The molecule has 0 saturated carbocycles. The Morgan fingerprint density at radius 3 is 2.60 bits per heavy atom. The molecule has 0 spiro atoms. The summed E-state index contributed by atoms with van der Waals surface area (Å²) < 4.78 is 39.0. The Kier molecular flexibility index (Phi) is 5.64. The van der Waals surface area contributed by atoms with Gasteiger partial charge in [0, 0.05) is 22.0 Å². The molecule has 0 saturated heterocycles. The number of nitrogens with zero attached hydrogens (tertiary/aromatic N) is 1. The molecule has 4 rings (SSSR count). The van der Waals surface area contributed by atoms with Crippen molar-refractivity contribution in [1.82, 2.24) is 4.98 Å². The van der Waals surface area contributed by atoms with Crippen LogP contribution in [-0.2, 0) is 6.18 Å². The third-order valence-corrected chi connectivity index (χ3v) is 5.64. The van der Waals surface area contributed by atoms with E-state index in [0.717, 1.165) is 33.2 Å². The smallest absolute Gasteiger partial charge is 0.332 e. The van der Waals surface area contributed by atoms with Crippen molar-refractivity contribution in [2.45, 2.75) is 6.18 Å². The van der Waals surface area contributed by atoms with Gasteiger partial charge in [-0.25, -0.2) is 4.98 Å². The molecule has 0 aliphatic rings. The van der Waals surface area contributed by atoms with Gasteiger partial charge in [-0.3, -0.25) is 0 Å². The van der Waals surface area contributed by atoms with Crippen molar-refractivity contribution >= 4 is 61.9 Å². The summed E-state index contributed by atoms with van der Waals surface area (Å²) in [6.45, 7) is 0. The van der Waals surface area contributed by atoms with Crippen LogP contribution in [0.4, 0.5) is 23.9 Å². The van der Waals surface area contributed by atoms with Gasteiger partial charge in [-0.2, -0.15) is 13.2 Å². The number of hydrogen-bond acceptors (Lipinski definition) is 3. The van der Waals surface area contributed by atoms with Crippen molar-refractivity contribution in [3.8, 4) is 11.3 Å². The number of thiocarbonyl (C=S) groups is 1. The molecule has 2 aromatic carbocycles. The van der Waals surface area contributed by atoms with Gasteiger partial charge in [-0.05, 0) is 48.6 Å². The van der Waals surface area contributed by atoms with E-state index in [4.69, 9.17) is 23.8 Å². The van der Waals surface area contributed by atoms with Crippen molar-refractivity contribution in [2.24, 2.45) is 0 Å². The summed E-state index contributed by atoms with van der Waals surface area (Å²) in [5.74, 6) is 0. The summed E-state index contributed by atoms with van der Waals surface area (Å²) in [5, 5.41) is 9.28. The van der Waals surface area contributed by atoms with E-state index in [0.29, 0.717) is 0 Å². The third-order valence-electron chi connectivity index (χ3n) is 4.26. The Labute approximate surface area is 184 Å². The minimum absolute atomic E-state index is 0.172. The number of alkyl halides is 3. The van der Waals surface area contributed by atoms with Crippen LogP contribution in [0.25, 0.3) is 22.2 Å². The van der Waals surface area contributed by atoms with Crippen molar-refractivity contribution in [2.75, 3.05) is 10.6 Å². The molecule has 0 aliphatic heterocycles. The fraction of sp³-hybridized carbons (Fsp3) is 0.0476. The summed E-state index contributed by atoms with van der Waals surface area (Å²) in [5.41, 5.74) is 1.91. The van der Waals surface area contributed by atoms with Crippen LogP contribution >= 0.6 is 35.2 Å². The summed E-state index contributed by atoms with van der Waals surface area (Å²) in [6.07, 6.45) is -4.54. The van der Waals surface area contributed by atoms with E-state index in [1.807, 2.05) is 47.8 Å². The number of halogens is 4. The summed E-state index contributed by atoms with van der Waals surface area (Å²) >= 11 is 12.3. The van der Waals surface area contributed by atoms with Crippen molar-refractivity contribution in [3.63, 3.8) is 0 Å². The van der Waals surface area contributed by atoms with Gasteiger partial charge < -0.3 is 10.6 Å². The van der Waals surface area contributed by atoms with Gasteiger partial charge in [0.1, 0.15) is 0 Å². The van der Waals surface area contributed by atoms with Gasteiger partial charge in [0.25, 0.3) is 0 Å². The minimum Gasteiger partial charge on any atom is -0.332 e. The number of hydrogen-bond donors (Lipinski definition) is 2. The number of pyridine rings is 1. The van der Waals surface area contributed by atoms with Gasteiger partial charge in [0.05, 0.1) is 26.8 Å². The molecule has 2 heterocycles. The maximum absolute atomic E-state index is 13.0. The number of benzene rings is 2. The van der Waals surface area contributed by atoms with Gasteiger partial charge in [0.15, 0.2) is 5.11 Å². The number of rotatable bonds is 3. The second-order valence-electron chi connectivity index (χ2n) is 6.36. The van der Waals surface area contributed by atoms with Crippen molar-refractivity contribution in [1.29, 1.82) is 0 Å². The fourth-order valence-electron chi connectivity index (χ4n) is 2.86. The van der Waals surface area contributed by atoms with E-state index in [2.05, 4.69) is 15.6 Å². The first-order valence-corrected chi connectivity index (χ1v) is 10.4. The predicted molar refractivity (Wildman–Crippen MR) is 121 cm³/mol. The molecule has 0 aliphatic carbocycles. The molecule has 2 N–H and O–H groups in total. The molecule has 152 valence electrons. The summed E-state index contributed by atoms with van der Waals surface area (Å²) in [7, 11) is 0. The number of aromatic nitrogens is 1. The average molecular weight is 464 g/mol. The minimum atomic E-state index is -4.54. The zero-order chi connectivity index (χ0) is 21.3. The molecular formula is C21H13ClF3N3S2. The molecule has 2 aromatic heterocycles. The van der Waals surface area contributed by atoms with Crippen LogP contribution in [0.15, 0.2) is 66.0 Å². The lowest BCUT2D eigenvalue weighted by atomic mass is 10.1. The molecule has 0 radical (unpaired) electrons. The van der Waals surface area contributed by atoms with Gasteiger partial charge >= 0.3 is 6.18 Å². The van der Waals surface area contributed by atoms with Crippen LogP contribution in [0.5, 0.6) is 0 Å². The molecule has 0 atom stereocenters. The first kappa shape index (κ1) is 20.6. The van der Waals surface area contributed by atoms with E-state index in [1.165, 1.54) is 23.5 Å². The van der Waals surface area contributed by atoms with Gasteiger partial charge in [0.2, 0.25) is 0 Å². The zero-order valence-electron chi connectivity index (χ0n) is 15.1. The van der Waals surface area contributed by atoms with Crippen LogP contribution in [0.1, 0.15) is 5.56 Å². The second kappa shape index (κ2) is 8.22. The van der Waals surface area contributed by atoms with Crippen LogP contribution in [-0.4, -0.2) is 10.1 Å². The molecule has 0 fully saturated rings. The molecule has 0 unspecified atom stereocenters. The predicted octanol–water partition coefficient (Wildman–Crippen LogP) is 7.44.